The molecule has 2 rings (SSSR count). The van der Waals surface area contributed by atoms with E-state index in [0.717, 1.165) is 32.1 Å². The van der Waals surface area contributed by atoms with Crippen LogP contribution in [0.5, 0.6) is 0 Å². The average Bonchev–Trinajstić information content (AvgIpc) is 2.54. The smallest absolute Gasteiger partial charge is 0.337 e. The second kappa shape index (κ2) is 6.72. The summed E-state index contributed by atoms with van der Waals surface area (Å²) in [6.07, 6.45) is 4.88. The molecule has 1 aliphatic carbocycles. The summed E-state index contributed by atoms with van der Waals surface area (Å²) in [5, 5.41) is 2.90. The van der Waals surface area contributed by atoms with Gasteiger partial charge in [-0.1, -0.05) is 25.3 Å². The number of hydrogen-bond acceptors (Lipinski definition) is 4. The molecule has 5 heteroatoms. The molecule has 0 heterocycles. The molecule has 5 nitrogen and oxygen atoms in total. The summed E-state index contributed by atoms with van der Waals surface area (Å²) in [4.78, 5) is 24.1. The van der Waals surface area contributed by atoms with E-state index in [-0.39, 0.29) is 5.91 Å². The average molecular weight is 290 g/mol. The van der Waals surface area contributed by atoms with E-state index in [2.05, 4.69) is 10.1 Å². The Balaban J connectivity index is 2.13. The van der Waals surface area contributed by atoms with Gasteiger partial charge in [-0.25, -0.2) is 4.79 Å². The van der Waals surface area contributed by atoms with Crippen molar-refractivity contribution in [2.75, 3.05) is 19.0 Å². The number of benzene rings is 1. The van der Waals surface area contributed by atoms with E-state index in [4.69, 9.17) is 5.73 Å². The first kappa shape index (κ1) is 15.5. The lowest BCUT2D eigenvalue weighted by molar-refractivity contribution is -0.126. The first-order valence-corrected chi connectivity index (χ1v) is 7.31. The third-order valence-electron chi connectivity index (χ3n) is 4.22. The van der Waals surface area contributed by atoms with Gasteiger partial charge in [-0.15, -0.1) is 0 Å². The zero-order valence-corrected chi connectivity index (χ0v) is 12.4. The van der Waals surface area contributed by atoms with Crippen LogP contribution in [0.25, 0.3) is 0 Å². The van der Waals surface area contributed by atoms with Gasteiger partial charge in [-0.3, -0.25) is 4.79 Å². The SMILES string of the molecule is COC(=O)c1cccc(NC(=O)C2(CN)CCCCC2)c1. The van der Waals surface area contributed by atoms with Gasteiger partial charge in [0, 0.05) is 12.2 Å². The van der Waals surface area contributed by atoms with Crippen molar-refractivity contribution in [2.45, 2.75) is 32.1 Å². The van der Waals surface area contributed by atoms with Crippen LogP contribution in [0.4, 0.5) is 5.69 Å². The van der Waals surface area contributed by atoms with Crippen molar-refractivity contribution in [3.8, 4) is 0 Å². The summed E-state index contributed by atoms with van der Waals surface area (Å²) in [5.74, 6) is -0.469. The number of ether oxygens (including phenoxy) is 1. The fraction of sp³-hybridized carbons (Fsp3) is 0.500. The molecule has 1 amide bonds. The predicted molar refractivity (Wildman–Crippen MR) is 81.0 cm³/mol. The fourth-order valence-corrected chi connectivity index (χ4v) is 2.86. The molecule has 1 saturated carbocycles. The topological polar surface area (TPSA) is 81.4 Å². The largest absolute Gasteiger partial charge is 0.465 e. The van der Waals surface area contributed by atoms with Gasteiger partial charge in [-0.2, -0.15) is 0 Å². The van der Waals surface area contributed by atoms with E-state index in [1.807, 2.05) is 0 Å². The number of amides is 1. The number of carbonyl (C=O) groups is 2. The van der Waals surface area contributed by atoms with Gasteiger partial charge in [0.25, 0.3) is 0 Å². The molecule has 114 valence electrons. The molecule has 0 spiro atoms. The Hall–Kier alpha value is -1.88. The van der Waals surface area contributed by atoms with E-state index in [1.54, 1.807) is 24.3 Å². The Bertz CT molecular complexity index is 522. The number of nitrogens with one attached hydrogen (secondary N) is 1. The number of anilines is 1. The van der Waals surface area contributed by atoms with E-state index >= 15 is 0 Å². The number of nitrogens with two attached hydrogens (primary N) is 1. The van der Waals surface area contributed by atoms with Crippen LogP contribution in [-0.4, -0.2) is 25.5 Å². The van der Waals surface area contributed by atoms with E-state index in [0.29, 0.717) is 17.8 Å². The highest BCUT2D eigenvalue weighted by Crippen LogP contribution is 2.36. The van der Waals surface area contributed by atoms with Crippen LogP contribution in [0.3, 0.4) is 0 Å². The van der Waals surface area contributed by atoms with Gasteiger partial charge >= 0.3 is 5.97 Å². The third kappa shape index (κ3) is 3.42. The second-order valence-electron chi connectivity index (χ2n) is 5.57. The highest BCUT2D eigenvalue weighted by Gasteiger charge is 2.38. The molecule has 0 aromatic heterocycles. The minimum absolute atomic E-state index is 0.0493. The van der Waals surface area contributed by atoms with Gasteiger partial charge < -0.3 is 15.8 Å². The normalized spacial score (nSPS) is 17.0. The van der Waals surface area contributed by atoms with Crippen LogP contribution < -0.4 is 11.1 Å². The van der Waals surface area contributed by atoms with Gasteiger partial charge in [0.15, 0.2) is 0 Å². The Morgan fingerprint density at radius 2 is 2.00 bits per heavy atom. The first-order valence-electron chi connectivity index (χ1n) is 7.31. The van der Waals surface area contributed by atoms with E-state index < -0.39 is 11.4 Å². The summed E-state index contributed by atoms with van der Waals surface area (Å²) in [6, 6.07) is 6.76. The maximum absolute atomic E-state index is 12.6. The molecule has 1 aliphatic rings. The quantitative estimate of drug-likeness (QED) is 0.834. The summed E-state index contributed by atoms with van der Waals surface area (Å²) >= 11 is 0. The van der Waals surface area contributed by atoms with Gasteiger partial charge in [-0.05, 0) is 31.0 Å². The molecule has 3 N–H and O–H groups in total. The molecule has 0 saturated heterocycles. The fourth-order valence-electron chi connectivity index (χ4n) is 2.86. The molecule has 0 atom stereocenters. The zero-order valence-electron chi connectivity index (χ0n) is 12.4. The standard InChI is InChI=1S/C16H22N2O3/c1-21-14(19)12-6-5-7-13(10-12)18-15(20)16(11-17)8-3-2-4-9-16/h5-7,10H,2-4,8-9,11,17H2,1H3,(H,18,20). The van der Waals surface area contributed by atoms with E-state index in [9.17, 15) is 9.59 Å². The van der Waals surface area contributed by atoms with Crippen LogP contribution in [0.1, 0.15) is 42.5 Å². The van der Waals surface area contributed by atoms with Gasteiger partial charge in [0.1, 0.15) is 0 Å². The predicted octanol–water partition coefficient (Wildman–Crippen LogP) is 2.32. The maximum Gasteiger partial charge on any atom is 0.337 e. The van der Waals surface area contributed by atoms with Crippen molar-refractivity contribution in [1.29, 1.82) is 0 Å². The van der Waals surface area contributed by atoms with E-state index in [1.165, 1.54) is 7.11 Å². The third-order valence-corrected chi connectivity index (χ3v) is 4.22. The van der Waals surface area contributed by atoms with Crippen molar-refractivity contribution in [2.24, 2.45) is 11.1 Å². The van der Waals surface area contributed by atoms with Crippen molar-refractivity contribution in [1.82, 2.24) is 0 Å². The van der Waals surface area contributed by atoms with Gasteiger partial charge in [0.2, 0.25) is 5.91 Å². The molecule has 21 heavy (non-hydrogen) atoms. The molecule has 0 unspecified atom stereocenters. The summed E-state index contributed by atoms with van der Waals surface area (Å²) in [6.45, 7) is 0.357. The summed E-state index contributed by atoms with van der Waals surface area (Å²) < 4.78 is 4.68. The Morgan fingerprint density at radius 1 is 1.29 bits per heavy atom. The minimum atomic E-state index is -0.473. The van der Waals surface area contributed by atoms with Crippen molar-refractivity contribution < 1.29 is 14.3 Å². The summed E-state index contributed by atoms with van der Waals surface area (Å²) in [7, 11) is 1.33. The Labute approximate surface area is 124 Å². The molecule has 1 aromatic carbocycles. The Kier molecular flexibility index (Phi) is 4.96. The lowest BCUT2D eigenvalue weighted by atomic mass is 9.73. The molecule has 0 bridgehead atoms. The lowest BCUT2D eigenvalue weighted by Crippen LogP contribution is -2.43. The van der Waals surface area contributed by atoms with Crippen molar-refractivity contribution >= 4 is 17.6 Å². The maximum atomic E-state index is 12.6. The molecule has 1 aromatic rings. The van der Waals surface area contributed by atoms with Crippen molar-refractivity contribution in [3.63, 3.8) is 0 Å². The minimum Gasteiger partial charge on any atom is -0.465 e. The number of esters is 1. The second-order valence-corrected chi connectivity index (χ2v) is 5.57. The van der Waals surface area contributed by atoms with Crippen molar-refractivity contribution in [3.05, 3.63) is 29.8 Å². The summed E-state index contributed by atoms with van der Waals surface area (Å²) in [5.41, 5.74) is 6.40. The first-order chi connectivity index (χ1) is 10.1. The van der Waals surface area contributed by atoms with Crippen LogP contribution >= 0.6 is 0 Å². The molecular weight excluding hydrogens is 268 g/mol. The number of hydrogen-bond donors (Lipinski definition) is 2. The van der Waals surface area contributed by atoms with Crippen LogP contribution in [0.2, 0.25) is 0 Å². The number of methoxy groups -OCH3 is 1. The Morgan fingerprint density at radius 3 is 2.62 bits per heavy atom. The lowest BCUT2D eigenvalue weighted by Gasteiger charge is -2.34. The van der Waals surface area contributed by atoms with Crippen LogP contribution in [-0.2, 0) is 9.53 Å². The molecule has 0 radical (unpaired) electrons. The molecule has 0 aliphatic heterocycles. The number of rotatable bonds is 4. The molecular formula is C16H22N2O3. The highest BCUT2D eigenvalue weighted by molar-refractivity contribution is 5.97. The monoisotopic (exact) mass is 290 g/mol. The zero-order chi connectivity index (χ0) is 15.3. The highest BCUT2D eigenvalue weighted by atomic mass is 16.5. The van der Waals surface area contributed by atoms with Crippen LogP contribution in [0.15, 0.2) is 24.3 Å². The number of carbonyl (C=O) groups excluding carboxylic acids is 2. The van der Waals surface area contributed by atoms with Gasteiger partial charge in [0.05, 0.1) is 18.1 Å². The molecule has 1 fully saturated rings. The van der Waals surface area contributed by atoms with Crippen LogP contribution in [0, 0.1) is 5.41 Å².